The summed E-state index contributed by atoms with van der Waals surface area (Å²) >= 11 is 0. The van der Waals surface area contributed by atoms with E-state index in [1.54, 1.807) is 31.2 Å². The van der Waals surface area contributed by atoms with E-state index >= 15 is 0 Å². The number of aryl methyl sites for hydroxylation is 1. The number of anilines is 2. The molecular weight excluding hydrogens is 410 g/mol. The van der Waals surface area contributed by atoms with Crippen molar-refractivity contribution in [2.45, 2.75) is 33.6 Å². The first-order chi connectivity index (χ1) is 15.3. The first-order valence-corrected chi connectivity index (χ1v) is 10.9. The molecule has 0 spiro atoms. The van der Waals surface area contributed by atoms with E-state index in [-0.39, 0.29) is 30.2 Å². The van der Waals surface area contributed by atoms with Crippen LogP contribution in [0.4, 0.5) is 11.6 Å². The third-order valence-corrected chi connectivity index (χ3v) is 5.24. The molecular formula is C23H31N5O4. The van der Waals surface area contributed by atoms with E-state index in [2.05, 4.69) is 20.6 Å². The maximum atomic E-state index is 12.6. The fraction of sp³-hybridized carbons (Fsp3) is 0.478. The van der Waals surface area contributed by atoms with Gasteiger partial charge in [0.15, 0.2) is 0 Å². The summed E-state index contributed by atoms with van der Waals surface area (Å²) in [7, 11) is 0. The minimum Gasteiger partial charge on any atom is -0.378 e. The van der Waals surface area contributed by atoms with Crippen LogP contribution in [-0.4, -0.2) is 54.6 Å². The number of aromatic amines is 1. The quantitative estimate of drug-likeness (QED) is 0.576. The fourth-order valence-corrected chi connectivity index (χ4v) is 3.45. The molecule has 2 amide bonds. The zero-order valence-corrected chi connectivity index (χ0v) is 18.9. The second-order valence-electron chi connectivity index (χ2n) is 8.25. The monoisotopic (exact) mass is 441 g/mol. The van der Waals surface area contributed by atoms with E-state index in [0.717, 1.165) is 0 Å². The molecule has 0 bridgehead atoms. The summed E-state index contributed by atoms with van der Waals surface area (Å²) in [6, 6.07) is 6.88. The third-order valence-electron chi connectivity index (χ3n) is 5.24. The van der Waals surface area contributed by atoms with Crippen molar-refractivity contribution >= 4 is 23.5 Å². The SMILES string of the molecule is Cc1nc(N2CCOCC2)[nH]c(=O)c1CCC(=O)Nc1ccccc1C(=O)NCC(C)C. The van der Waals surface area contributed by atoms with Crippen molar-refractivity contribution in [3.05, 3.63) is 51.4 Å². The largest absolute Gasteiger partial charge is 0.378 e. The van der Waals surface area contributed by atoms with Crippen LogP contribution in [0.2, 0.25) is 0 Å². The summed E-state index contributed by atoms with van der Waals surface area (Å²) in [5.74, 6) is 0.352. The zero-order chi connectivity index (χ0) is 23.1. The molecule has 1 aliphatic heterocycles. The molecule has 32 heavy (non-hydrogen) atoms. The molecule has 0 radical (unpaired) electrons. The van der Waals surface area contributed by atoms with Crippen LogP contribution in [0.1, 0.15) is 41.9 Å². The number of carbonyl (C=O) groups is 2. The number of rotatable bonds is 8. The highest BCUT2D eigenvalue weighted by Crippen LogP contribution is 2.16. The Labute approximate surface area is 187 Å². The molecule has 3 rings (SSSR count). The summed E-state index contributed by atoms with van der Waals surface area (Å²) in [5, 5.41) is 5.66. The van der Waals surface area contributed by atoms with E-state index in [4.69, 9.17) is 4.74 Å². The number of amides is 2. The van der Waals surface area contributed by atoms with Crippen LogP contribution in [0.15, 0.2) is 29.1 Å². The summed E-state index contributed by atoms with van der Waals surface area (Å²) in [4.78, 5) is 47.0. The standard InChI is InChI=1S/C23H31N5O4/c1-15(2)14-24-21(30)18-6-4-5-7-19(18)26-20(29)9-8-17-16(3)25-23(27-22(17)31)28-10-12-32-13-11-28/h4-7,15H,8-14H2,1-3H3,(H,24,30)(H,26,29)(H,25,27,31). The fourth-order valence-electron chi connectivity index (χ4n) is 3.45. The average Bonchev–Trinajstić information content (AvgIpc) is 2.77. The number of aromatic nitrogens is 2. The molecule has 9 heteroatoms. The molecule has 9 nitrogen and oxygen atoms in total. The maximum absolute atomic E-state index is 12.6. The molecule has 1 saturated heterocycles. The predicted molar refractivity (Wildman–Crippen MR) is 123 cm³/mol. The number of nitrogens with zero attached hydrogens (tertiary/aromatic N) is 2. The van der Waals surface area contributed by atoms with Crippen LogP contribution in [-0.2, 0) is 16.0 Å². The second-order valence-corrected chi connectivity index (χ2v) is 8.25. The van der Waals surface area contributed by atoms with Crippen LogP contribution in [0, 0.1) is 12.8 Å². The van der Waals surface area contributed by atoms with Crippen molar-refractivity contribution in [3.8, 4) is 0 Å². The van der Waals surface area contributed by atoms with Crippen LogP contribution >= 0.6 is 0 Å². The first-order valence-electron chi connectivity index (χ1n) is 10.9. The highest BCUT2D eigenvalue weighted by Gasteiger charge is 2.18. The van der Waals surface area contributed by atoms with Crippen molar-refractivity contribution in [2.24, 2.45) is 5.92 Å². The van der Waals surface area contributed by atoms with Gasteiger partial charge in [0.25, 0.3) is 11.5 Å². The van der Waals surface area contributed by atoms with E-state index in [1.165, 1.54) is 0 Å². The molecule has 3 N–H and O–H groups in total. The number of para-hydroxylation sites is 1. The molecule has 1 fully saturated rings. The number of carbonyl (C=O) groups excluding carboxylic acids is 2. The Kier molecular flexibility index (Phi) is 7.99. The molecule has 1 aromatic carbocycles. The molecule has 2 heterocycles. The van der Waals surface area contributed by atoms with Crippen LogP contribution < -0.4 is 21.1 Å². The molecule has 0 saturated carbocycles. The Hall–Kier alpha value is -3.20. The minimum atomic E-state index is -0.273. The smallest absolute Gasteiger partial charge is 0.255 e. The minimum absolute atomic E-state index is 0.102. The van der Waals surface area contributed by atoms with Crippen LogP contribution in [0.3, 0.4) is 0 Å². The number of hydrogen-bond donors (Lipinski definition) is 3. The van der Waals surface area contributed by atoms with E-state index in [0.29, 0.717) is 67.2 Å². The molecule has 2 aromatic rings. The third kappa shape index (κ3) is 6.16. The van der Waals surface area contributed by atoms with Crippen molar-refractivity contribution in [1.29, 1.82) is 0 Å². The number of hydrogen-bond acceptors (Lipinski definition) is 6. The molecule has 0 aliphatic carbocycles. The Morgan fingerprint density at radius 3 is 2.62 bits per heavy atom. The van der Waals surface area contributed by atoms with Gasteiger partial charge in [-0.3, -0.25) is 19.4 Å². The normalized spacial score (nSPS) is 13.8. The molecule has 0 unspecified atom stereocenters. The lowest BCUT2D eigenvalue weighted by Gasteiger charge is -2.27. The number of morpholine rings is 1. The zero-order valence-electron chi connectivity index (χ0n) is 18.9. The van der Waals surface area contributed by atoms with Gasteiger partial charge in [-0.2, -0.15) is 0 Å². The highest BCUT2D eigenvalue weighted by molar-refractivity contribution is 6.03. The molecule has 0 atom stereocenters. The van der Waals surface area contributed by atoms with Crippen molar-refractivity contribution in [1.82, 2.24) is 15.3 Å². The molecule has 1 aliphatic rings. The predicted octanol–water partition coefficient (Wildman–Crippen LogP) is 1.87. The van der Waals surface area contributed by atoms with Gasteiger partial charge >= 0.3 is 0 Å². The Bertz CT molecular complexity index is 1010. The van der Waals surface area contributed by atoms with E-state index < -0.39 is 0 Å². The maximum Gasteiger partial charge on any atom is 0.255 e. The average molecular weight is 442 g/mol. The summed E-state index contributed by atoms with van der Waals surface area (Å²) in [6.07, 6.45) is 0.357. The van der Waals surface area contributed by atoms with Gasteiger partial charge in [0.05, 0.1) is 24.5 Å². The summed E-state index contributed by atoms with van der Waals surface area (Å²) in [5.41, 5.74) is 1.72. The van der Waals surface area contributed by atoms with Crippen molar-refractivity contribution in [3.63, 3.8) is 0 Å². The van der Waals surface area contributed by atoms with Crippen molar-refractivity contribution < 1.29 is 14.3 Å². The molecule has 1 aromatic heterocycles. The Morgan fingerprint density at radius 2 is 1.94 bits per heavy atom. The van der Waals surface area contributed by atoms with Gasteiger partial charge in [0.2, 0.25) is 11.9 Å². The van der Waals surface area contributed by atoms with Gasteiger partial charge in [0, 0.05) is 37.3 Å². The van der Waals surface area contributed by atoms with E-state index in [9.17, 15) is 14.4 Å². The lowest BCUT2D eigenvalue weighted by atomic mass is 10.1. The summed E-state index contributed by atoms with van der Waals surface area (Å²) in [6.45, 7) is 8.91. The van der Waals surface area contributed by atoms with E-state index in [1.807, 2.05) is 18.7 Å². The van der Waals surface area contributed by atoms with Crippen LogP contribution in [0.5, 0.6) is 0 Å². The Balaban J connectivity index is 1.63. The summed E-state index contributed by atoms with van der Waals surface area (Å²) < 4.78 is 5.34. The van der Waals surface area contributed by atoms with Gasteiger partial charge in [0.1, 0.15) is 0 Å². The van der Waals surface area contributed by atoms with Gasteiger partial charge in [-0.25, -0.2) is 4.98 Å². The number of H-pyrrole nitrogens is 1. The van der Waals surface area contributed by atoms with Gasteiger partial charge < -0.3 is 20.3 Å². The lowest BCUT2D eigenvalue weighted by Crippen LogP contribution is -2.38. The Morgan fingerprint density at radius 1 is 1.22 bits per heavy atom. The lowest BCUT2D eigenvalue weighted by molar-refractivity contribution is -0.116. The number of nitrogens with one attached hydrogen (secondary N) is 3. The van der Waals surface area contributed by atoms with Crippen LogP contribution in [0.25, 0.3) is 0 Å². The van der Waals surface area contributed by atoms with Crippen molar-refractivity contribution in [2.75, 3.05) is 43.1 Å². The first kappa shape index (κ1) is 23.5. The molecule has 172 valence electrons. The van der Waals surface area contributed by atoms with Gasteiger partial charge in [-0.05, 0) is 31.4 Å². The van der Waals surface area contributed by atoms with Gasteiger partial charge in [-0.15, -0.1) is 0 Å². The second kappa shape index (κ2) is 10.9. The number of ether oxygens (including phenoxy) is 1. The topological polar surface area (TPSA) is 116 Å². The highest BCUT2D eigenvalue weighted by atomic mass is 16.5. The number of benzene rings is 1. The van der Waals surface area contributed by atoms with Gasteiger partial charge in [-0.1, -0.05) is 26.0 Å².